The lowest BCUT2D eigenvalue weighted by Gasteiger charge is -2.12. The number of benzene rings is 1. The van der Waals surface area contributed by atoms with Gasteiger partial charge in [-0.1, -0.05) is 17.7 Å². The quantitative estimate of drug-likeness (QED) is 0.879. The van der Waals surface area contributed by atoms with Crippen LogP contribution in [0, 0.1) is 20.8 Å². The second-order valence-corrected chi connectivity index (χ2v) is 4.33. The van der Waals surface area contributed by atoms with Crippen LogP contribution in [0.25, 0.3) is 11.3 Å². The molecular weight excluding hydrogens is 228 g/mol. The maximum atomic E-state index is 11.2. The topological polar surface area (TPSA) is 63.1 Å². The number of carbonyl (C=O) groups is 1. The smallest absolute Gasteiger partial charge is 0.356 e. The molecule has 0 spiro atoms. The molecule has 1 aromatic heterocycles. The maximum absolute atomic E-state index is 11.2. The Morgan fingerprint density at radius 3 is 2.17 bits per heavy atom. The van der Waals surface area contributed by atoms with Gasteiger partial charge in [0.1, 0.15) is 5.69 Å². The number of rotatable bonds is 2. The Kier molecular flexibility index (Phi) is 3.10. The van der Waals surface area contributed by atoms with Crippen LogP contribution in [-0.2, 0) is 0 Å². The summed E-state index contributed by atoms with van der Waals surface area (Å²) in [6.45, 7) is 5.92. The molecule has 1 heterocycles. The number of aromatic carboxylic acids is 1. The third kappa shape index (κ3) is 2.09. The van der Waals surface area contributed by atoms with Crippen molar-refractivity contribution >= 4 is 5.97 Å². The van der Waals surface area contributed by atoms with Crippen LogP contribution in [0.5, 0.6) is 0 Å². The van der Waals surface area contributed by atoms with Gasteiger partial charge in [-0.2, -0.15) is 0 Å². The Balaban J connectivity index is 2.74. The van der Waals surface area contributed by atoms with Crippen LogP contribution in [-0.4, -0.2) is 21.0 Å². The molecule has 0 saturated carbocycles. The van der Waals surface area contributed by atoms with Gasteiger partial charge in [-0.3, -0.25) is 4.98 Å². The van der Waals surface area contributed by atoms with Crippen molar-refractivity contribution in [3.05, 3.63) is 46.9 Å². The Morgan fingerprint density at radius 2 is 1.61 bits per heavy atom. The van der Waals surface area contributed by atoms with Crippen LogP contribution in [0.4, 0.5) is 0 Å². The van der Waals surface area contributed by atoms with E-state index in [0.717, 1.165) is 22.3 Å². The minimum absolute atomic E-state index is 0.00690. The Labute approximate surface area is 105 Å². The lowest BCUT2D eigenvalue weighted by molar-refractivity contribution is 0.0691. The van der Waals surface area contributed by atoms with Crippen LogP contribution in [0.1, 0.15) is 27.2 Å². The van der Waals surface area contributed by atoms with E-state index in [1.165, 1.54) is 12.4 Å². The minimum Gasteiger partial charge on any atom is -0.476 e. The second kappa shape index (κ2) is 4.56. The predicted molar refractivity (Wildman–Crippen MR) is 68.6 cm³/mol. The van der Waals surface area contributed by atoms with E-state index in [-0.39, 0.29) is 5.69 Å². The number of carboxylic acids is 1. The van der Waals surface area contributed by atoms with E-state index < -0.39 is 5.97 Å². The van der Waals surface area contributed by atoms with E-state index in [2.05, 4.69) is 9.97 Å². The zero-order valence-electron chi connectivity index (χ0n) is 10.6. The van der Waals surface area contributed by atoms with Crippen molar-refractivity contribution in [1.29, 1.82) is 0 Å². The van der Waals surface area contributed by atoms with Crippen molar-refractivity contribution in [3.63, 3.8) is 0 Å². The average Bonchev–Trinajstić information content (AvgIpc) is 2.28. The third-order valence-electron chi connectivity index (χ3n) is 2.81. The van der Waals surface area contributed by atoms with Gasteiger partial charge in [0.05, 0.1) is 0 Å². The summed E-state index contributed by atoms with van der Waals surface area (Å²) in [5.41, 5.74) is 4.44. The summed E-state index contributed by atoms with van der Waals surface area (Å²) in [5, 5.41) is 9.16. The SMILES string of the molecule is Cc1cc(C)c(-c2nccnc2C(=O)O)c(C)c1. The van der Waals surface area contributed by atoms with Crippen LogP contribution < -0.4 is 0 Å². The van der Waals surface area contributed by atoms with Gasteiger partial charge < -0.3 is 5.11 Å². The molecule has 0 bridgehead atoms. The van der Waals surface area contributed by atoms with E-state index in [1.807, 2.05) is 32.9 Å². The maximum Gasteiger partial charge on any atom is 0.356 e. The Hall–Kier alpha value is -2.23. The number of hydrogen-bond acceptors (Lipinski definition) is 3. The minimum atomic E-state index is -1.06. The highest BCUT2D eigenvalue weighted by molar-refractivity contribution is 5.93. The van der Waals surface area contributed by atoms with Crippen LogP contribution in [0.15, 0.2) is 24.5 Å². The molecule has 4 heteroatoms. The lowest BCUT2D eigenvalue weighted by Crippen LogP contribution is -2.06. The first-order valence-corrected chi connectivity index (χ1v) is 5.63. The number of carboxylic acid groups (broad SMARTS) is 1. The van der Waals surface area contributed by atoms with Crippen molar-refractivity contribution in [2.45, 2.75) is 20.8 Å². The van der Waals surface area contributed by atoms with Crippen molar-refractivity contribution in [3.8, 4) is 11.3 Å². The highest BCUT2D eigenvalue weighted by Crippen LogP contribution is 2.28. The molecule has 18 heavy (non-hydrogen) atoms. The molecule has 0 atom stereocenters. The fourth-order valence-corrected chi connectivity index (χ4v) is 2.23. The lowest BCUT2D eigenvalue weighted by atomic mass is 9.96. The zero-order valence-corrected chi connectivity index (χ0v) is 10.6. The summed E-state index contributed by atoms with van der Waals surface area (Å²) in [6.07, 6.45) is 2.91. The van der Waals surface area contributed by atoms with E-state index in [0.29, 0.717) is 5.69 Å². The monoisotopic (exact) mass is 242 g/mol. The number of nitrogens with zero attached hydrogens (tertiary/aromatic N) is 2. The largest absolute Gasteiger partial charge is 0.476 e. The van der Waals surface area contributed by atoms with Crippen LogP contribution in [0.3, 0.4) is 0 Å². The van der Waals surface area contributed by atoms with Gasteiger partial charge in [-0.25, -0.2) is 9.78 Å². The first-order valence-electron chi connectivity index (χ1n) is 5.63. The van der Waals surface area contributed by atoms with Crippen molar-refractivity contribution in [1.82, 2.24) is 9.97 Å². The van der Waals surface area contributed by atoms with Crippen LogP contribution in [0.2, 0.25) is 0 Å². The standard InChI is InChI=1S/C14H14N2O2/c1-8-6-9(2)11(10(3)7-8)12-13(14(17)18)16-5-4-15-12/h4-7H,1-3H3,(H,17,18). The first kappa shape index (κ1) is 12.2. The Morgan fingerprint density at radius 1 is 1.06 bits per heavy atom. The molecule has 2 aromatic rings. The molecule has 1 N–H and O–H groups in total. The molecule has 0 unspecified atom stereocenters. The average molecular weight is 242 g/mol. The summed E-state index contributed by atoms with van der Waals surface area (Å²) < 4.78 is 0. The third-order valence-corrected chi connectivity index (χ3v) is 2.81. The van der Waals surface area contributed by atoms with E-state index in [1.54, 1.807) is 0 Å². The molecule has 0 saturated heterocycles. The normalized spacial score (nSPS) is 10.4. The molecule has 0 aliphatic carbocycles. The second-order valence-electron chi connectivity index (χ2n) is 4.33. The molecule has 92 valence electrons. The molecular formula is C14H14N2O2. The molecule has 0 radical (unpaired) electrons. The molecule has 0 aliphatic heterocycles. The molecule has 0 amide bonds. The van der Waals surface area contributed by atoms with Crippen molar-refractivity contribution in [2.24, 2.45) is 0 Å². The summed E-state index contributed by atoms with van der Waals surface area (Å²) in [6, 6.07) is 4.03. The number of aromatic nitrogens is 2. The van der Waals surface area contributed by atoms with E-state index in [4.69, 9.17) is 5.11 Å². The van der Waals surface area contributed by atoms with Gasteiger partial charge in [-0.15, -0.1) is 0 Å². The summed E-state index contributed by atoms with van der Waals surface area (Å²) in [5.74, 6) is -1.06. The van der Waals surface area contributed by atoms with E-state index >= 15 is 0 Å². The molecule has 0 aliphatic rings. The predicted octanol–water partition coefficient (Wildman–Crippen LogP) is 2.77. The van der Waals surface area contributed by atoms with Crippen LogP contribution >= 0.6 is 0 Å². The van der Waals surface area contributed by atoms with Gasteiger partial charge >= 0.3 is 5.97 Å². The van der Waals surface area contributed by atoms with Crippen molar-refractivity contribution in [2.75, 3.05) is 0 Å². The molecule has 2 rings (SSSR count). The zero-order chi connectivity index (χ0) is 13.3. The number of hydrogen-bond donors (Lipinski definition) is 1. The Bertz CT molecular complexity index is 598. The van der Waals surface area contributed by atoms with Gasteiger partial charge in [-0.05, 0) is 31.9 Å². The van der Waals surface area contributed by atoms with Gasteiger partial charge in [0.25, 0.3) is 0 Å². The highest BCUT2D eigenvalue weighted by Gasteiger charge is 2.17. The van der Waals surface area contributed by atoms with E-state index in [9.17, 15) is 4.79 Å². The fraction of sp³-hybridized carbons (Fsp3) is 0.214. The van der Waals surface area contributed by atoms with Crippen molar-refractivity contribution < 1.29 is 9.90 Å². The number of aryl methyl sites for hydroxylation is 3. The molecule has 4 nitrogen and oxygen atoms in total. The highest BCUT2D eigenvalue weighted by atomic mass is 16.4. The molecule has 0 fully saturated rings. The van der Waals surface area contributed by atoms with Gasteiger partial charge in [0, 0.05) is 18.0 Å². The summed E-state index contributed by atoms with van der Waals surface area (Å²) in [7, 11) is 0. The first-order chi connectivity index (χ1) is 8.50. The summed E-state index contributed by atoms with van der Waals surface area (Å²) in [4.78, 5) is 19.3. The van der Waals surface area contributed by atoms with Gasteiger partial charge in [0.15, 0.2) is 5.69 Å². The molecule has 1 aromatic carbocycles. The fourth-order valence-electron chi connectivity index (χ4n) is 2.23. The van der Waals surface area contributed by atoms with Gasteiger partial charge in [0.2, 0.25) is 0 Å². The summed E-state index contributed by atoms with van der Waals surface area (Å²) >= 11 is 0.